The monoisotopic (exact) mass is 270 g/mol. The van der Waals surface area contributed by atoms with Crippen molar-refractivity contribution < 1.29 is 9.50 Å². The van der Waals surface area contributed by atoms with Gasteiger partial charge in [-0.3, -0.25) is 0 Å². The molecule has 1 heterocycles. The number of H-pyrrole nitrogens is 1. The molecule has 0 radical (unpaired) electrons. The van der Waals surface area contributed by atoms with E-state index in [1.165, 1.54) is 12.1 Å². The first-order valence-corrected chi connectivity index (χ1v) is 5.79. The smallest absolute Gasteiger partial charge is 0.333 e. The van der Waals surface area contributed by atoms with Crippen LogP contribution in [-0.4, -0.2) is 14.7 Å². The average Bonchev–Trinajstić information content (AvgIpc) is 2.58. The van der Waals surface area contributed by atoms with E-state index in [2.05, 4.69) is 4.98 Å². The number of imidazole rings is 1. The van der Waals surface area contributed by atoms with Crippen molar-refractivity contribution in [2.24, 2.45) is 0 Å². The molecule has 1 aromatic heterocycles. The quantitative estimate of drug-likeness (QED) is 0.882. The zero-order chi connectivity index (χ0) is 13.4. The summed E-state index contributed by atoms with van der Waals surface area (Å²) < 4.78 is 14.2. The van der Waals surface area contributed by atoms with Gasteiger partial charge in [0.25, 0.3) is 0 Å². The van der Waals surface area contributed by atoms with Crippen LogP contribution < -0.4 is 5.69 Å². The van der Waals surface area contributed by atoms with Crippen LogP contribution >= 0.6 is 11.6 Å². The first kappa shape index (κ1) is 12.7. The predicted octanol–water partition coefficient (Wildman–Crippen LogP) is 2.79. The van der Waals surface area contributed by atoms with Crippen molar-refractivity contribution in [3.63, 3.8) is 0 Å². The molecule has 2 N–H and O–H groups in total. The van der Waals surface area contributed by atoms with E-state index in [4.69, 9.17) is 11.6 Å². The highest BCUT2D eigenvalue weighted by atomic mass is 35.5. The number of benzene rings is 1. The van der Waals surface area contributed by atoms with Crippen molar-refractivity contribution in [2.45, 2.75) is 19.8 Å². The molecule has 0 bridgehead atoms. The zero-order valence-electron chi connectivity index (χ0n) is 9.87. The van der Waals surface area contributed by atoms with Crippen molar-refractivity contribution in [3.8, 4) is 11.6 Å². The third-order valence-electron chi connectivity index (χ3n) is 2.62. The second-order valence-electron chi connectivity index (χ2n) is 4.25. The van der Waals surface area contributed by atoms with E-state index in [9.17, 15) is 14.3 Å². The van der Waals surface area contributed by atoms with Crippen molar-refractivity contribution in [1.29, 1.82) is 0 Å². The number of hydrogen-bond acceptors (Lipinski definition) is 2. The Morgan fingerprint density at radius 3 is 2.67 bits per heavy atom. The van der Waals surface area contributed by atoms with E-state index in [0.29, 0.717) is 5.69 Å². The minimum Gasteiger partial charge on any atom is -0.493 e. The van der Waals surface area contributed by atoms with Crippen LogP contribution in [0.4, 0.5) is 4.39 Å². The molecule has 0 saturated carbocycles. The highest BCUT2D eigenvalue weighted by molar-refractivity contribution is 6.32. The molecule has 4 nitrogen and oxygen atoms in total. The van der Waals surface area contributed by atoms with Crippen molar-refractivity contribution in [2.75, 3.05) is 0 Å². The Hall–Kier alpha value is -1.75. The van der Waals surface area contributed by atoms with Crippen molar-refractivity contribution >= 4 is 11.6 Å². The molecule has 0 unspecified atom stereocenters. The Bertz CT molecular complexity index is 646. The SMILES string of the molecule is CC(C)c1[nH]c(=O)n(-c2cc(F)ccc2Cl)c1O. The molecular weight excluding hydrogens is 259 g/mol. The zero-order valence-corrected chi connectivity index (χ0v) is 10.6. The molecule has 0 aliphatic rings. The maximum absolute atomic E-state index is 13.2. The molecule has 1 aromatic carbocycles. The standard InChI is InChI=1S/C12H12ClFN2O2/c1-6(2)10-11(17)16(12(18)15-10)9-5-7(14)3-4-8(9)13/h3-6,17H,1-2H3,(H,15,18). The molecule has 2 rings (SSSR count). The van der Waals surface area contributed by atoms with Crippen LogP contribution in [0, 0.1) is 5.82 Å². The van der Waals surface area contributed by atoms with Gasteiger partial charge in [-0.25, -0.2) is 13.8 Å². The Balaban J connectivity index is 2.72. The maximum Gasteiger partial charge on any atom is 0.333 e. The summed E-state index contributed by atoms with van der Waals surface area (Å²) in [6.45, 7) is 3.64. The van der Waals surface area contributed by atoms with Crippen LogP contribution in [0.1, 0.15) is 25.5 Å². The summed E-state index contributed by atoms with van der Waals surface area (Å²) in [5.74, 6) is -0.846. The maximum atomic E-state index is 13.2. The van der Waals surface area contributed by atoms with Crippen molar-refractivity contribution in [3.05, 3.63) is 45.2 Å². The van der Waals surface area contributed by atoms with Crippen LogP contribution in [0.2, 0.25) is 5.02 Å². The molecule has 0 saturated heterocycles. The van der Waals surface area contributed by atoms with E-state index in [0.717, 1.165) is 10.6 Å². The number of nitrogens with zero attached hydrogens (tertiary/aromatic N) is 1. The van der Waals surface area contributed by atoms with Gasteiger partial charge in [0.2, 0.25) is 5.88 Å². The molecule has 0 fully saturated rings. The molecule has 0 aliphatic heterocycles. The molecular formula is C12H12ClFN2O2. The molecule has 0 aliphatic carbocycles. The Morgan fingerprint density at radius 1 is 1.44 bits per heavy atom. The Morgan fingerprint density at radius 2 is 2.11 bits per heavy atom. The second-order valence-corrected chi connectivity index (χ2v) is 4.66. The van der Waals surface area contributed by atoms with Gasteiger partial charge in [0, 0.05) is 0 Å². The van der Waals surface area contributed by atoms with Gasteiger partial charge in [0.15, 0.2) is 0 Å². The molecule has 0 atom stereocenters. The van der Waals surface area contributed by atoms with Gasteiger partial charge in [-0.15, -0.1) is 0 Å². The summed E-state index contributed by atoms with van der Waals surface area (Å²) in [6, 6.07) is 3.62. The average molecular weight is 271 g/mol. The minimum atomic E-state index is -0.552. The fraction of sp³-hybridized carbons (Fsp3) is 0.250. The van der Waals surface area contributed by atoms with Crippen molar-refractivity contribution in [1.82, 2.24) is 9.55 Å². The fourth-order valence-electron chi connectivity index (χ4n) is 1.73. The number of aromatic amines is 1. The highest BCUT2D eigenvalue weighted by Gasteiger charge is 2.18. The van der Waals surface area contributed by atoms with E-state index in [-0.39, 0.29) is 22.5 Å². The number of hydrogen-bond donors (Lipinski definition) is 2. The summed E-state index contributed by atoms with van der Waals surface area (Å²) in [5, 5.41) is 10.2. The topological polar surface area (TPSA) is 58.0 Å². The van der Waals surface area contributed by atoms with Crippen LogP contribution in [0.3, 0.4) is 0 Å². The predicted molar refractivity (Wildman–Crippen MR) is 67.1 cm³/mol. The van der Waals surface area contributed by atoms with Crippen LogP contribution in [-0.2, 0) is 0 Å². The van der Waals surface area contributed by atoms with E-state index < -0.39 is 11.5 Å². The van der Waals surface area contributed by atoms with Gasteiger partial charge < -0.3 is 10.1 Å². The molecule has 96 valence electrons. The molecule has 0 amide bonds. The van der Waals surface area contributed by atoms with Gasteiger partial charge >= 0.3 is 5.69 Å². The number of aromatic hydroxyl groups is 1. The first-order chi connectivity index (χ1) is 8.41. The largest absolute Gasteiger partial charge is 0.493 e. The lowest BCUT2D eigenvalue weighted by Crippen LogP contribution is -2.15. The summed E-state index contributed by atoms with van der Waals surface area (Å²) >= 11 is 5.91. The lowest BCUT2D eigenvalue weighted by molar-refractivity contribution is 0.431. The number of aromatic nitrogens is 2. The van der Waals surface area contributed by atoms with E-state index in [1.54, 1.807) is 0 Å². The summed E-state index contributed by atoms with van der Waals surface area (Å²) in [5.41, 5.74) is -0.0497. The lowest BCUT2D eigenvalue weighted by Gasteiger charge is -2.07. The fourth-order valence-corrected chi connectivity index (χ4v) is 1.93. The van der Waals surface area contributed by atoms with Gasteiger partial charge in [-0.05, 0) is 24.1 Å². The molecule has 18 heavy (non-hydrogen) atoms. The van der Waals surface area contributed by atoms with E-state index >= 15 is 0 Å². The molecule has 2 aromatic rings. The van der Waals surface area contributed by atoms with Gasteiger partial charge in [-0.1, -0.05) is 25.4 Å². The van der Waals surface area contributed by atoms with Gasteiger partial charge in [0.05, 0.1) is 16.4 Å². The Kier molecular flexibility index (Phi) is 3.17. The van der Waals surface area contributed by atoms with E-state index in [1.807, 2.05) is 13.8 Å². The normalized spacial score (nSPS) is 11.2. The van der Waals surface area contributed by atoms with Gasteiger partial charge in [0.1, 0.15) is 5.82 Å². The Labute approximate surface area is 108 Å². The molecule has 0 spiro atoms. The summed E-state index contributed by atoms with van der Waals surface area (Å²) in [4.78, 5) is 14.3. The third-order valence-corrected chi connectivity index (χ3v) is 2.94. The number of nitrogens with one attached hydrogen (secondary N) is 1. The molecule has 6 heteroatoms. The lowest BCUT2D eigenvalue weighted by atomic mass is 10.1. The third kappa shape index (κ3) is 2.01. The van der Waals surface area contributed by atoms with Crippen LogP contribution in [0.5, 0.6) is 5.88 Å². The highest BCUT2D eigenvalue weighted by Crippen LogP contribution is 2.28. The van der Waals surface area contributed by atoms with Crippen LogP contribution in [0.25, 0.3) is 5.69 Å². The number of rotatable bonds is 2. The summed E-state index contributed by atoms with van der Waals surface area (Å²) in [7, 11) is 0. The number of halogens is 2. The summed E-state index contributed by atoms with van der Waals surface area (Å²) in [6.07, 6.45) is 0. The second kappa shape index (κ2) is 4.49. The first-order valence-electron chi connectivity index (χ1n) is 5.41. The van der Waals surface area contributed by atoms with Crippen LogP contribution in [0.15, 0.2) is 23.0 Å². The minimum absolute atomic E-state index is 0.0636. The van der Waals surface area contributed by atoms with Gasteiger partial charge in [-0.2, -0.15) is 0 Å².